The second-order valence-electron chi connectivity index (χ2n) is 12.9. The van der Waals surface area contributed by atoms with E-state index in [0.29, 0.717) is 0 Å². The Morgan fingerprint density at radius 2 is 0.980 bits per heavy atom. The highest BCUT2D eigenvalue weighted by molar-refractivity contribution is 7.27. The van der Waals surface area contributed by atoms with E-state index in [4.69, 9.17) is 9.97 Å². The van der Waals surface area contributed by atoms with Gasteiger partial charge in [0, 0.05) is 42.1 Å². The van der Waals surface area contributed by atoms with Gasteiger partial charge in [-0.25, -0.2) is 9.97 Å². The van der Waals surface area contributed by atoms with E-state index < -0.39 is 0 Å². The van der Waals surface area contributed by atoms with Crippen molar-refractivity contribution >= 4 is 96.3 Å². The van der Waals surface area contributed by atoms with E-state index in [9.17, 15) is 0 Å². The van der Waals surface area contributed by atoms with Crippen LogP contribution in [0.1, 0.15) is 0 Å². The van der Waals surface area contributed by atoms with Crippen LogP contribution >= 0.6 is 11.3 Å². The summed E-state index contributed by atoms with van der Waals surface area (Å²) in [7, 11) is 0. The van der Waals surface area contributed by atoms with Crippen LogP contribution in [0.25, 0.3) is 108 Å². The lowest BCUT2D eigenvalue weighted by molar-refractivity contribution is 1.23. The van der Waals surface area contributed by atoms with Gasteiger partial charge in [-0.1, -0.05) is 140 Å². The zero-order valence-electron chi connectivity index (χ0n) is 26.3. The SMILES string of the molecule is c1ccc(-c2nc(-c3ccc4c(c3)c3ccccc3c3ccc5c(sc6ccc7ccccc7c65)c34)nc3ccc4ccccc4c23)cc1. The van der Waals surface area contributed by atoms with Crippen molar-refractivity contribution in [2.45, 2.75) is 0 Å². The monoisotopic (exact) mass is 638 g/mol. The molecule has 0 amide bonds. The Morgan fingerprint density at radius 1 is 0.367 bits per heavy atom. The second kappa shape index (κ2) is 10.2. The summed E-state index contributed by atoms with van der Waals surface area (Å²) in [6, 6.07) is 57.0. The number of nitrogens with zero attached hydrogens (tertiary/aromatic N) is 2. The van der Waals surface area contributed by atoms with Crippen molar-refractivity contribution in [1.82, 2.24) is 9.97 Å². The fourth-order valence-electron chi connectivity index (χ4n) is 8.02. The number of benzene rings is 9. The van der Waals surface area contributed by atoms with E-state index in [1.165, 1.54) is 74.0 Å². The van der Waals surface area contributed by atoms with Crippen molar-refractivity contribution in [3.05, 3.63) is 158 Å². The molecular weight excluding hydrogens is 613 g/mol. The van der Waals surface area contributed by atoms with Crippen molar-refractivity contribution in [3.8, 4) is 22.6 Å². The first kappa shape index (κ1) is 26.9. The lowest BCUT2D eigenvalue weighted by Gasteiger charge is -2.14. The quantitative estimate of drug-likeness (QED) is 0.176. The van der Waals surface area contributed by atoms with Gasteiger partial charge in [0.15, 0.2) is 5.82 Å². The maximum atomic E-state index is 5.34. The molecule has 226 valence electrons. The van der Waals surface area contributed by atoms with Crippen LogP contribution in [0, 0.1) is 0 Å². The van der Waals surface area contributed by atoms with E-state index in [0.717, 1.165) is 33.5 Å². The van der Waals surface area contributed by atoms with E-state index >= 15 is 0 Å². The summed E-state index contributed by atoms with van der Waals surface area (Å²) in [5, 5.41) is 16.3. The third kappa shape index (κ3) is 3.88. The topological polar surface area (TPSA) is 25.8 Å². The first-order chi connectivity index (χ1) is 24.3. The van der Waals surface area contributed by atoms with Crippen molar-refractivity contribution in [1.29, 1.82) is 0 Å². The molecule has 0 unspecified atom stereocenters. The van der Waals surface area contributed by atoms with E-state index in [1.54, 1.807) is 0 Å². The fourth-order valence-corrected chi connectivity index (χ4v) is 9.30. The number of hydrogen-bond donors (Lipinski definition) is 0. The van der Waals surface area contributed by atoms with Crippen LogP contribution in [0.5, 0.6) is 0 Å². The average Bonchev–Trinajstić information content (AvgIpc) is 3.57. The molecule has 0 aliphatic heterocycles. The molecule has 0 radical (unpaired) electrons. The van der Waals surface area contributed by atoms with Gasteiger partial charge in [-0.05, 0) is 66.7 Å². The summed E-state index contributed by atoms with van der Waals surface area (Å²) in [5.41, 5.74) is 4.01. The van der Waals surface area contributed by atoms with Gasteiger partial charge in [0.2, 0.25) is 0 Å². The molecule has 0 saturated carbocycles. The van der Waals surface area contributed by atoms with Gasteiger partial charge in [0.1, 0.15) is 0 Å². The number of hydrogen-bond acceptors (Lipinski definition) is 3. The molecule has 0 spiro atoms. The van der Waals surface area contributed by atoms with Gasteiger partial charge in [-0.15, -0.1) is 11.3 Å². The first-order valence-electron chi connectivity index (χ1n) is 16.7. The minimum atomic E-state index is 0.735. The standard InChI is InChI=1S/C46H26N2S/c1-2-12-29(13-3-1)44-43-32-15-7-5-10-27(32)19-24-39(43)47-46(48-44)30-18-21-36-38(26-30)34-17-9-8-16-33(34)35-22-23-37-41-31-14-6-4-11-28(31)20-25-40(41)49-45(37)42(35)36/h1-26H. The third-order valence-electron chi connectivity index (χ3n) is 10.2. The van der Waals surface area contributed by atoms with Crippen LogP contribution in [-0.4, -0.2) is 9.97 Å². The Hall–Kier alpha value is -6.16. The second-order valence-corrected chi connectivity index (χ2v) is 13.9. The molecule has 2 aromatic heterocycles. The Labute approximate surface area is 285 Å². The van der Waals surface area contributed by atoms with Crippen molar-refractivity contribution in [3.63, 3.8) is 0 Å². The Kier molecular flexibility index (Phi) is 5.57. The number of rotatable bonds is 2. The van der Waals surface area contributed by atoms with E-state index in [-0.39, 0.29) is 0 Å². The van der Waals surface area contributed by atoms with Crippen molar-refractivity contribution in [2.24, 2.45) is 0 Å². The van der Waals surface area contributed by atoms with Gasteiger partial charge >= 0.3 is 0 Å². The zero-order valence-corrected chi connectivity index (χ0v) is 27.1. The molecule has 2 heterocycles. The molecule has 0 N–H and O–H groups in total. The molecule has 0 aliphatic carbocycles. The minimum absolute atomic E-state index is 0.735. The molecule has 0 aliphatic rings. The molecule has 49 heavy (non-hydrogen) atoms. The van der Waals surface area contributed by atoms with Gasteiger partial charge in [-0.2, -0.15) is 0 Å². The fraction of sp³-hybridized carbons (Fsp3) is 0. The largest absolute Gasteiger partial charge is 0.228 e. The molecule has 0 bridgehead atoms. The predicted molar refractivity (Wildman–Crippen MR) is 211 cm³/mol. The van der Waals surface area contributed by atoms with Crippen LogP contribution in [0.15, 0.2) is 158 Å². The normalized spacial score (nSPS) is 12.1. The zero-order chi connectivity index (χ0) is 32.1. The van der Waals surface area contributed by atoms with Crippen LogP contribution in [-0.2, 0) is 0 Å². The third-order valence-corrected chi connectivity index (χ3v) is 11.4. The van der Waals surface area contributed by atoms with Crippen LogP contribution in [0.4, 0.5) is 0 Å². The maximum Gasteiger partial charge on any atom is 0.160 e. The molecule has 3 heteroatoms. The van der Waals surface area contributed by atoms with Gasteiger partial charge < -0.3 is 0 Å². The summed E-state index contributed by atoms with van der Waals surface area (Å²) in [4.78, 5) is 10.6. The van der Waals surface area contributed by atoms with Crippen LogP contribution in [0.3, 0.4) is 0 Å². The van der Waals surface area contributed by atoms with Crippen molar-refractivity contribution in [2.75, 3.05) is 0 Å². The highest BCUT2D eigenvalue weighted by Gasteiger charge is 2.18. The first-order valence-corrected chi connectivity index (χ1v) is 17.5. The summed E-state index contributed by atoms with van der Waals surface area (Å²) in [6.07, 6.45) is 0. The average molecular weight is 639 g/mol. The molecule has 0 saturated heterocycles. The highest BCUT2D eigenvalue weighted by atomic mass is 32.1. The predicted octanol–water partition coefficient (Wildman–Crippen LogP) is 13.1. The van der Waals surface area contributed by atoms with Gasteiger partial charge in [0.25, 0.3) is 0 Å². The lowest BCUT2D eigenvalue weighted by Crippen LogP contribution is -1.96. The Morgan fingerprint density at radius 3 is 1.78 bits per heavy atom. The molecule has 0 atom stereocenters. The molecule has 11 aromatic rings. The highest BCUT2D eigenvalue weighted by Crippen LogP contribution is 2.46. The molecule has 2 nitrogen and oxygen atoms in total. The van der Waals surface area contributed by atoms with Crippen LogP contribution < -0.4 is 0 Å². The number of thiophene rings is 1. The molecule has 0 fully saturated rings. The lowest BCUT2D eigenvalue weighted by atomic mass is 9.92. The maximum absolute atomic E-state index is 5.34. The molecular formula is C46H26N2S. The molecule has 9 aromatic carbocycles. The number of fused-ring (bicyclic) bond motifs is 15. The number of aromatic nitrogens is 2. The summed E-state index contributed by atoms with van der Waals surface area (Å²) >= 11 is 1.91. The smallest absolute Gasteiger partial charge is 0.160 e. The Bertz CT molecular complexity index is 3160. The van der Waals surface area contributed by atoms with Crippen LogP contribution in [0.2, 0.25) is 0 Å². The van der Waals surface area contributed by atoms with Gasteiger partial charge in [-0.3, -0.25) is 0 Å². The summed E-state index contributed by atoms with van der Waals surface area (Å²) in [5.74, 6) is 0.735. The Balaban J connectivity index is 1.23. The summed E-state index contributed by atoms with van der Waals surface area (Å²) in [6.45, 7) is 0. The summed E-state index contributed by atoms with van der Waals surface area (Å²) < 4.78 is 2.66. The van der Waals surface area contributed by atoms with Gasteiger partial charge in [0.05, 0.1) is 11.2 Å². The molecule has 11 rings (SSSR count). The van der Waals surface area contributed by atoms with E-state index in [2.05, 4.69) is 158 Å². The van der Waals surface area contributed by atoms with Crippen molar-refractivity contribution < 1.29 is 0 Å². The van der Waals surface area contributed by atoms with E-state index in [1.807, 2.05) is 11.3 Å². The minimum Gasteiger partial charge on any atom is -0.228 e.